The maximum Gasteiger partial charge on any atom is 0.120 e. The Kier molecular flexibility index (Phi) is 15.9. The topological polar surface area (TPSA) is 18.5 Å². The molecule has 0 spiro atoms. The predicted molar refractivity (Wildman–Crippen MR) is 119 cm³/mol. The molecule has 154 valence electrons. The first-order valence-corrected chi connectivity index (χ1v) is 11.3. The summed E-state index contributed by atoms with van der Waals surface area (Å²) < 4.78 is 11.4. The first-order valence-electron chi connectivity index (χ1n) is 11.3. The van der Waals surface area contributed by atoms with Crippen LogP contribution in [0.3, 0.4) is 0 Å². The SMILES string of the molecule is C=Cc1cccc(OCCOCCCCCCCCCCCCCCC)c1. The Balaban J connectivity index is 1.77. The molecule has 0 aliphatic heterocycles. The maximum absolute atomic E-state index is 5.69. The Hall–Kier alpha value is -1.28. The van der Waals surface area contributed by atoms with Crippen LogP contribution in [-0.4, -0.2) is 19.8 Å². The van der Waals surface area contributed by atoms with Crippen molar-refractivity contribution in [3.8, 4) is 5.75 Å². The van der Waals surface area contributed by atoms with Crippen LogP contribution in [0.15, 0.2) is 30.8 Å². The van der Waals surface area contributed by atoms with E-state index in [2.05, 4.69) is 13.5 Å². The fraction of sp³-hybridized carbons (Fsp3) is 0.680. The van der Waals surface area contributed by atoms with Crippen molar-refractivity contribution in [2.45, 2.75) is 90.4 Å². The molecule has 27 heavy (non-hydrogen) atoms. The van der Waals surface area contributed by atoms with E-state index in [9.17, 15) is 0 Å². The lowest BCUT2D eigenvalue weighted by atomic mass is 10.0. The average molecular weight is 375 g/mol. The minimum absolute atomic E-state index is 0.610. The van der Waals surface area contributed by atoms with Gasteiger partial charge in [-0.3, -0.25) is 0 Å². The highest BCUT2D eigenvalue weighted by Gasteiger charge is 1.96. The van der Waals surface area contributed by atoms with E-state index >= 15 is 0 Å². The lowest BCUT2D eigenvalue weighted by molar-refractivity contribution is 0.0970. The quantitative estimate of drug-likeness (QED) is 0.230. The Labute approximate surface area is 168 Å². The number of unbranched alkanes of at least 4 members (excludes halogenated alkanes) is 12. The number of rotatable bonds is 19. The van der Waals surface area contributed by atoms with Crippen LogP contribution in [0.25, 0.3) is 6.08 Å². The van der Waals surface area contributed by atoms with Gasteiger partial charge in [0.05, 0.1) is 6.61 Å². The molecule has 0 amide bonds. The molecule has 0 unspecified atom stereocenters. The van der Waals surface area contributed by atoms with Gasteiger partial charge in [-0.2, -0.15) is 0 Å². The highest BCUT2D eigenvalue weighted by atomic mass is 16.5. The zero-order valence-corrected chi connectivity index (χ0v) is 17.7. The molecule has 1 rings (SSSR count). The summed E-state index contributed by atoms with van der Waals surface area (Å²) in [6, 6.07) is 7.98. The van der Waals surface area contributed by atoms with Crippen molar-refractivity contribution in [3.63, 3.8) is 0 Å². The van der Waals surface area contributed by atoms with Gasteiger partial charge in [0.15, 0.2) is 0 Å². The Morgan fingerprint density at radius 3 is 1.93 bits per heavy atom. The molecule has 1 aromatic rings. The van der Waals surface area contributed by atoms with Gasteiger partial charge in [0.1, 0.15) is 12.4 Å². The molecule has 0 bridgehead atoms. The number of hydrogen-bond acceptors (Lipinski definition) is 2. The summed E-state index contributed by atoms with van der Waals surface area (Å²) in [5.41, 5.74) is 1.08. The van der Waals surface area contributed by atoms with Crippen LogP contribution in [0.1, 0.15) is 96.0 Å². The largest absolute Gasteiger partial charge is 0.491 e. The molecule has 0 aromatic heterocycles. The summed E-state index contributed by atoms with van der Waals surface area (Å²) in [5.74, 6) is 0.886. The van der Waals surface area contributed by atoms with Gasteiger partial charge in [-0.1, -0.05) is 109 Å². The summed E-state index contributed by atoms with van der Waals surface area (Å²) in [4.78, 5) is 0. The molecule has 2 nitrogen and oxygen atoms in total. The van der Waals surface area contributed by atoms with Crippen molar-refractivity contribution in [2.24, 2.45) is 0 Å². The molecule has 0 fully saturated rings. The Morgan fingerprint density at radius 2 is 1.33 bits per heavy atom. The average Bonchev–Trinajstić information content (AvgIpc) is 2.70. The van der Waals surface area contributed by atoms with E-state index in [4.69, 9.17) is 9.47 Å². The van der Waals surface area contributed by atoms with Gasteiger partial charge in [-0.25, -0.2) is 0 Å². The third kappa shape index (κ3) is 14.4. The molecule has 0 aliphatic rings. The van der Waals surface area contributed by atoms with Crippen LogP contribution in [-0.2, 0) is 4.74 Å². The molecule has 0 radical (unpaired) electrons. The molecule has 0 atom stereocenters. The highest BCUT2D eigenvalue weighted by molar-refractivity contribution is 5.49. The molecule has 0 aliphatic carbocycles. The van der Waals surface area contributed by atoms with Gasteiger partial charge in [-0.05, 0) is 24.1 Å². The van der Waals surface area contributed by atoms with E-state index in [0.717, 1.165) is 17.9 Å². The summed E-state index contributed by atoms with van der Waals surface area (Å²) in [5, 5.41) is 0. The minimum Gasteiger partial charge on any atom is -0.491 e. The van der Waals surface area contributed by atoms with Crippen LogP contribution < -0.4 is 4.74 Å². The van der Waals surface area contributed by atoms with Gasteiger partial charge in [0.2, 0.25) is 0 Å². The van der Waals surface area contributed by atoms with Gasteiger partial charge < -0.3 is 9.47 Å². The van der Waals surface area contributed by atoms with Crippen LogP contribution >= 0.6 is 0 Å². The van der Waals surface area contributed by atoms with Crippen molar-refractivity contribution < 1.29 is 9.47 Å². The van der Waals surface area contributed by atoms with Crippen LogP contribution in [0.2, 0.25) is 0 Å². The second kappa shape index (κ2) is 18.1. The fourth-order valence-electron chi connectivity index (χ4n) is 3.27. The summed E-state index contributed by atoms with van der Waals surface area (Å²) >= 11 is 0. The molecule has 0 heterocycles. The smallest absolute Gasteiger partial charge is 0.120 e. The van der Waals surface area contributed by atoms with E-state index in [0.29, 0.717) is 13.2 Å². The number of benzene rings is 1. The highest BCUT2D eigenvalue weighted by Crippen LogP contribution is 2.14. The van der Waals surface area contributed by atoms with Gasteiger partial charge in [0.25, 0.3) is 0 Å². The number of hydrogen-bond donors (Lipinski definition) is 0. The second-order valence-corrected chi connectivity index (χ2v) is 7.48. The summed E-state index contributed by atoms with van der Waals surface area (Å²) in [6.45, 7) is 8.19. The van der Waals surface area contributed by atoms with E-state index in [1.807, 2.05) is 30.3 Å². The van der Waals surface area contributed by atoms with E-state index in [1.165, 1.54) is 83.5 Å². The predicted octanol–water partition coefficient (Wildman–Crippen LogP) is 7.82. The lowest BCUT2D eigenvalue weighted by Crippen LogP contribution is -2.07. The minimum atomic E-state index is 0.610. The molecule has 1 aromatic carbocycles. The van der Waals surface area contributed by atoms with Crippen molar-refractivity contribution in [2.75, 3.05) is 19.8 Å². The van der Waals surface area contributed by atoms with E-state index < -0.39 is 0 Å². The van der Waals surface area contributed by atoms with E-state index in [-0.39, 0.29) is 0 Å². The van der Waals surface area contributed by atoms with Crippen LogP contribution in [0.4, 0.5) is 0 Å². The van der Waals surface area contributed by atoms with Crippen LogP contribution in [0, 0.1) is 0 Å². The Morgan fingerprint density at radius 1 is 0.741 bits per heavy atom. The van der Waals surface area contributed by atoms with Gasteiger partial charge in [-0.15, -0.1) is 0 Å². The number of ether oxygens (including phenoxy) is 2. The fourth-order valence-corrected chi connectivity index (χ4v) is 3.27. The maximum atomic E-state index is 5.69. The summed E-state index contributed by atoms with van der Waals surface area (Å²) in [6.07, 6.45) is 19.8. The lowest BCUT2D eigenvalue weighted by Gasteiger charge is -2.08. The molecule has 0 saturated carbocycles. The van der Waals surface area contributed by atoms with E-state index in [1.54, 1.807) is 0 Å². The van der Waals surface area contributed by atoms with Gasteiger partial charge >= 0.3 is 0 Å². The Bertz CT molecular complexity index is 455. The monoisotopic (exact) mass is 374 g/mol. The molecule has 0 saturated heterocycles. The zero-order valence-electron chi connectivity index (χ0n) is 17.7. The van der Waals surface area contributed by atoms with Crippen molar-refractivity contribution in [3.05, 3.63) is 36.4 Å². The van der Waals surface area contributed by atoms with Gasteiger partial charge in [0, 0.05) is 6.61 Å². The molecule has 2 heteroatoms. The third-order valence-corrected chi connectivity index (χ3v) is 4.98. The zero-order chi connectivity index (χ0) is 19.4. The van der Waals surface area contributed by atoms with Crippen molar-refractivity contribution >= 4 is 6.08 Å². The van der Waals surface area contributed by atoms with Crippen molar-refractivity contribution in [1.82, 2.24) is 0 Å². The first kappa shape index (κ1) is 23.8. The standard InChI is InChI=1S/C25H42O2/c1-3-5-6-7-8-9-10-11-12-13-14-15-16-20-26-21-22-27-25-19-17-18-24(4-2)23-25/h4,17-19,23H,2-3,5-16,20-22H2,1H3. The molecule has 0 N–H and O–H groups in total. The third-order valence-electron chi connectivity index (χ3n) is 4.98. The summed E-state index contributed by atoms with van der Waals surface area (Å²) in [7, 11) is 0. The van der Waals surface area contributed by atoms with Crippen LogP contribution in [0.5, 0.6) is 5.75 Å². The molecular formula is C25H42O2. The molecular weight excluding hydrogens is 332 g/mol. The second-order valence-electron chi connectivity index (χ2n) is 7.48. The normalized spacial score (nSPS) is 10.9. The van der Waals surface area contributed by atoms with Crippen molar-refractivity contribution in [1.29, 1.82) is 0 Å². The first-order chi connectivity index (χ1) is 13.4.